The predicted molar refractivity (Wildman–Crippen MR) is 103 cm³/mol. The zero-order valence-corrected chi connectivity index (χ0v) is 15.4. The SMILES string of the molecule is Cc1ccc(-c2nc3s/c(=C\c4ccc(Cl)cc4Cl)c(=O)n3n2)cc1. The third-order valence-corrected chi connectivity index (χ3v) is 5.26. The highest BCUT2D eigenvalue weighted by atomic mass is 35.5. The Hall–Kier alpha value is -2.21. The summed E-state index contributed by atoms with van der Waals surface area (Å²) in [5.74, 6) is 0.541. The molecule has 25 heavy (non-hydrogen) atoms. The molecule has 4 aromatic rings. The van der Waals surface area contributed by atoms with E-state index in [-0.39, 0.29) is 5.56 Å². The maximum absolute atomic E-state index is 12.6. The second kappa shape index (κ2) is 6.26. The lowest BCUT2D eigenvalue weighted by Gasteiger charge is -1.97. The number of hydrogen-bond donors (Lipinski definition) is 0. The highest BCUT2D eigenvalue weighted by molar-refractivity contribution is 7.15. The number of fused-ring (bicyclic) bond motifs is 1. The Balaban J connectivity index is 1.81. The van der Waals surface area contributed by atoms with Crippen LogP contribution in [0.1, 0.15) is 11.1 Å². The van der Waals surface area contributed by atoms with E-state index in [9.17, 15) is 4.79 Å². The molecule has 7 heteroatoms. The molecule has 0 N–H and O–H groups in total. The number of aryl methyl sites for hydroxylation is 1. The molecule has 2 aromatic carbocycles. The van der Waals surface area contributed by atoms with E-state index in [0.29, 0.717) is 25.4 Å². The summed E-state index contributed by atoms with van der Waals surface area (Å²) >= 11 is 13.4. The van der Waals surface area contributed by atoms with Crippen LogP contribution in [0.25, 0.3) is 22.4 Å². The van der Waals surface area contributed by atoms with Crippen LogP contribution in [0.15, 0.2) is 47.3 Å². The molecule has 4 rings (SSSR count). The number of nitrogens with zero attached hydrogens (tertiary/aromatic N) is 3. The zero-order valence-electron chi connectivity index (χ0n) is 13.0. The van der Waals surface area contributed by atoms with E-state index < -0.39 is 0 Å². The molecule has 2 aromatic heterocycles. The van der Waals surface area contributed by atoms with Gasteiger partial charge in [0.1, 0.15) is 0 Å². The summed E-state index contributed by atoms with van der Waals surface area (Å²) in [5, 5.41) is 5.38. The topological polar surface area (TPSA) is 47.3 Å². The van der Waals surface area contributed by atoms with Gasteiger partial charge in [-0.3, -0.25) is 4.79 Å². The largest absolute Gasteiger partial charge is 0.291 e. The molecule has 0 spiro atoms. The highest BCUT2D eigenvalue weighted by Gasteiger charge is 2.12. The molecular weight excluding hydrogens is 377 g/mol. The van der Waals surface area contributed by atoms with E-state index in [2.05, 4.69) is 10.1 Å². The van der Waals surface area contributed by atoms with Crippen molar-refractivity contribution in [3.05, 3.63) is 78.5 Å². The number of aromatic nitrogens is 3. The minimum absolute atomic E-state index is 0.211. The second-order valence-electron chi connectivity index (χ2n) is 5.58. The van der Waals surface area contributed by atoms with Crippen LogP contribution in [0, 0.1) is 6.92 Å². The maximum Gasteiger partial charge on any atom is 0.291 e. The van der Waals surface area contributed by atoms with Crippen molar-refractivity contribution in [2.75, 3.05) is 0 Å². The molecule has 2 heterocycles. The fourth-order valence-corrected chi connectivity index (χ4v) is 3.78. The number of hydrogen-bond acceptors (Lipinski definition) is 4. The van der Waals surface area contributed by atoms with Gasteiger partial charge in [-0.25, -0.2) is 0 Å². The average Bonchev–Trinajstić information content (AvgIpc) is 3.11. The van der Waals surface area contributed by atoms with E-state index >= 15 is 0 Å². The minimum Gasteiger partial charge on any atom is -0.266 e. The fraction of sp³-hybridized carbons (Fsp3) is 0.0556. The molecule has 0 atom stereocenters. The van der Waals surface area contributed by atoms with Crippen molar-refractivity contribution in [3.8, 4) is 11.4 Å². The number of rotatable bonds is 2. The van der Waals surface area contributed by atoms with E-state index in [1.54, 1.807) is 24.3 Å². The average molecular weight is 388 g/mol. The van der Waals surface area contributed by atoms with Crippen LogP contribution < -0.4 is 10.1 Å². The van der Waals surface area contributed by atoms with Crippen molar-refractivity contribution in [3.63, 3.8) is 0 Å². The molecule has 4 nitrogen and oxygen atoms in total. The highest BCUT2D eigenvalue weighted by Crippen LogP contribution is 2.22. The fourth-order valence-electron chi connectivity index (χ4n) is 2.42. The van der Waals surface area contributed by atoms with Gasteiger partial charge in [-0.1, -0.05) is 70.4 Å². The van der Waals surface area contributed by atoms with Gasteiger partial charge in [-0.15, -0.1) is 5.10 Å². The molecule has 0 saturated carbocycles. The molecule has 0 amide bonds. The summed E-state index contributed by atoms with van der Waals surface area (Å²) in [6.07, 6.45) is 1.73. The Morgan fingerprint density at radius 3 is 2.56 bits per heavy atom. The van der Waals surface area contributed by atoms with E-state index in [0.717, 1.165) is 16.7 Å². The van der Waals surface area contributed by atoms with E-state index in [1.807, 2.05) is 31.2 Å². The summed E-state index contributed by atoms with van der Waals surface area (Å²) in [6.45, 7) is 2.02. The van der Waals surface area contributed by atoms with Gasteiger partial charge in [0.15, 0.2) is 5.82 Å². The molecule has 0 aliphatic heterocycles. The van der Waals surface area contributed by atoms with E-state index in [1.165, 1.54) is 15.9 Å². The summed E-state index contributed by atoms with van der Waals surface area (Å²) in [4.78, 5) is 17.6. The third-order valence-electron chi connectivity index (χ3n) is 3.74. The monoisotopic (exact) mass is 387 g/mol. The molecule has 0 unspecified atom stereocenters. The van der Waals surface area contributed by atoms with Gasteiger partial charge >= 0.3 is 0 Å². The smallest absolute Gasteiger partial charge is 0.266 e. The third kappa shape index (κ3) is 3.06. The van der Waals surface area contributed by atoms with Gasteiger partial charge in [0.05, 0.1) is 4.53 Å². The zero-order chi connectivity index (χ0) is 17.6. The molecule has 0 fully saturated rings. The van der Waals surface area contributed by atoms with Crippen LogP contribution in [0.2, 0.25) is 10.0 Å². The molecule has 0 bridgehead atoms. The van der Waals surface area contributed by atoms with Crippen molar-refractivity contribution >= 4 is 45.6 Å². The summed E-state index contributed by atoms with van der Waals surface area (Å²) in [5.41, 5.74) is 2.56. The lowest BCUT2D eigenvalue weighted by Crippen LogP contribution is -2.23. The Morgan fingerprint density at radius 1 is 1.12 bits per heavy atom. The van der Waals surface area contributed by atoms with Gasteiger partial charge in [0, 0.05) is 15.6 Å². The molecule has 0 radical (unpaired) electrons. The summed E-state index contributed by atoms with van der Waals surface area (Å²) < 4.78 is 1.85. The van der Waals surface area contributed by atoms with Crippen molar-refractivity contribution in [1.82, 2.24) is 14.6 Å². The number of thiazole rings is 1. The van der Waals surface area contributed by atoms with Crippen molar-refractivity contribution in [1.29, 1.82) is 0 Å². The van der Waals surface area contributed by atoms with Crippen LogP contribution >= 0.6 is 34.5 Å². The predicted octanol–water partition coefficient (Wildman–Crippen LogP) is 3.98. The molecule has 0 saturated heterocycles. The normalized spacial score (nSPS) is 12.2. The van der Waals surface area contributed by atoms with Crippen LogP contribution in [-0.2, 0) is 0 Å². The van der Waals surface area contributed by atoms with Crippen molar-refractivity contribution < 1.29 is 0 Å². The van der Waals surface area contributed by atoms with Gasteiger partial charge in [0.25, 0.3) is 5.56 Å². The van der Waals surface area contributed by atoms with Crippen molar-refractivity contribution in [2.24, 2.45) is 0 Å². The standard InChI is InChI=1S/C18H11Cl2N3OS/c1-10-2-4-11(5-3-10)16-21-18-23(22-16)17(24)15(25-18)8-12-6-7-13(19)9-14(12)20/h2-9H,1H3/b15-8-. The maximum atomic E-state index is 12.6. The molecule has 0 aliphatic rings. The van der Waals surface area contributed by atoms with Crippen LogP contribution in [0.3, 0.4) is 0 Å². The van der Waals surface area contributed by atoms with Crippen LogP contribution in [0.5, 0.6) is 0 Å². The van der Waals surface area contributed by atoms with Gasteiger partial charge in [-0.2, -0.15) is 9.50 Å². The first-order chi connectivity index (χ1) is 12.0. The van der Waals surface area contributed by atoms with Crippen molar-refractivity contribution in [2.45, 2.75) is 6.92 Å². The molecule has 124 valence electrons. The first-order valence-electron chi connectivity index (χ1n) is 7.45. The van der Waals surface area contributed by atoms with Crippen LogP contribution in [-0.4, -0.2) is 14.6 Å². The number of benzene rings is 2. The molecule has 0 aliphatic carbocycles. The first-order valence-corrected chi connectivity index (χ1v) is 9.02. The van der Waals surface area contributed by atoms with Crippen LogP contribution in [0.4, 0.5) is 0 Å². The summed E-state index contributed by atoms with van der Waals surface area (Å²) in [6, 6.07) is 13.0. The quantitative estimate of drug-likeness (QED) is 0.522. The van der Waals surface area contributed by atoms with Gasteiger partial charge in [-0.05, 0) is 30.7 Å². The Kier molecular flexibility index (Phi) is 4.07. The summed E-state index contributed by atoms with van der Waals surface area (Å²) in [7, 11) is 0. The second-order valence-corrected chi connectivity index (χ2v) is 7.43. The lowest BCUT2D eigenvalue weighted by atomic mass is 10.1. The Bertz CT molecular complexity index is 1200. The lowest BCUT2D eigenvalue weighted by molar-refractivity contribution is 0.937. The Labute approximate surface area is 157 Å². The molecular formula is C18H11Cl2N3OS. The minimum atomic E-state index is -0.211. The van der Waals surface area contributed by atoms with E-state index in [4.69, 9.17) is 23.2 Å². The van der Waals surface area contributed by atoms with Gasteiger partial charge < -0.3 is 0 Å². The number of halogens is 2. The Morgan fingerprint density at radius 2 is 1.88 bits per heavy atom. The van der Waals surface area contributed by atoms with Gasteiger partial charge in [0.2, 0.25) is 4.96 Å². The first kappa shape index (κ1) is 16.3.